The van der Waals surface area contributed by atoms with Gasteiger partial charge in [-0.3, -0.25) is 4.99 Å². The van der Waals surface area contributed by atoms with Crippen LogP contribution in [0.5, 0.6) is 5.75 Å². The van der Waals surface area contributed by atoms with Crippen molar-refractivity contribution in [2.75, 3.05) is 33.2 Å². The van der Waals surface area contributed by atoms with Crippen LogP contribution in [0.2, 0.25) is 0 Å². The molecule has 0 amide bonds. The molecule has 0 radical (unpaired) electrons. The number of likely N-dealkylation sites (tertiary alicyclic amines) is 1. The smallest absolute Gasteiger partial charge is 0.191 e. The highest BCUT2D eigenvalue weighted by molar-refractivity contribution is 14.0. The number of para-hydroxylation sites is 1. The van der Waals surface area contributed by atoms with Crippen LogP contribution in [0.4, 0.5) is 0 Å². The molecule has 1 heterocycles. The molecule has 0 unspecified atom stereocenters. The lowest BCUT2D eigenvalue weighted by molar-refractivity contribution is 0.129. The summed E-state index contributed by atoms with van der Waals surface area (Å²) in [5.41, 5.74) is 0.935. The highest BCUT2D eigenvalue weighted by Crippen LogP contribution is 2.22. The van der Waals surface area contributed by atoms with Crippen molar-refractivity contribution in [1.29, 1.82) is 0 Å². The number of hydrogen-bond donors (Lipinski definition) is 2. The number of aliphatic imine (C=N–C) groups is 1. The third kappa shape index (κ3) is 9.65. The van der Waals surface area contributed by atoms with Gasteiger partial charge < -0.3 is 20.3 Å². The SMILES string of the molecule is CN=C(NCCCCN1CCCC1)NCc1ccccc1OC(C)(C)C.I. The van der Waals surface area contributed by atoms with E-state index >= 15 is 0 Å². The Kier molecular flexibility index (Phi) is 11.1. The summed E-state index contributed by atoms with van der Waals surface area (Å²) in [6.45, 7) is 11.7. The van der Waals surface area contributed by atoms with Gasteiger partial charge in [-0.05, 0) is 72.2 Å². The van der Waals surface area contributed by atoms with Crippen molar-refractivity contribution >= 4 is 29.9 Å². The average molecular weight is 488 g/mol. The molecule has 154 valence electrons. The minimum Gasteiger partial charge on any atom is -0.488 e. The van der Waals surface area contributed by atoms with E-state index in [2.05, 4.69) is 47.4 Å². The first-order valence-corrected chi connectivity index (χ1v) is 9.92. The molecule has 1 aliphatic heterocycles. The standard InChI is InChI=1S/C21H36N4O.HI/c1-21(2,3)26-19-12-6-5-11-18(19)17-24-20(22-4)23-13-7-8-14-25-15-9-10-16-25;/h5-6,11-12H,7-10,13-17H2,1-4H3,(H2,22,23,24);1H. The van der Waals surface area contributed by atoms with Gasteiger partial charge in [-0.2, -0.15) is 0 Å². The molecule has 1 aliphatic rings. The Labute approximate surface area is 182 Å². The van der Waals surface area contributed by atoms with Crippen LogP contribution in [-0.2, 0) is 6.54 Å². The summed E-state index contributed by atoms with van der Waals surface area (Å²) in [4.78, 5) is 6.89. The third-order valence-electron chi connectivity index (χ3n) is 4.45. The van der Waals surface area contributed by atoms with Gasteiger partial charge in [-0.1, -0.05) is 18.2 Å². The van der Waals surface area contributed by atoms with E-state index in [1.54, 1.807) is 0 Å². The fraction of sp³-hybridized carbons (Fsp3) is 0.667. The average Bonchev–Trinajstić information content (AvgIpc) is 3.10. The van der Waals surface area contributed by atoms with Crippen molar-refractivity contribution in [1.82, 2.24) is 15.5 Å². The summed E-state index contributed by atoms with van der Waals surface area (Å²) in [5.74, 6) is 1.77. The van der Waals surface area contributed by atoms with Crippen LogP contribution in [0.25, 0.3) is 0 Å². The Morgan fingerprint density at radius 1 is 1.11 bits per heavy atom. The number of nitrogens with one attached hydrogen (secondary N) is 2. The van der Waals surface area contributed by atoms with Gasteiger partial charge >= 0.3 is 0 Å². The van der Waals surface area contributed by atoms with Crippen LogP contribution in [-0.4, -0.2) is 49.7 Å². The van der Waals surface area contributed by atoms with E-state index in [1.165, 1.54) is 45.3 Å². The molecule has 27 heavy (non-hydrogen) atoms. The van der Waals surface area contributed by atoms with Crippen LogP contribution in [0, 0.1) is 0 Å². The maximum Gasteiger partial charge on any atom is 0.191 e. The number of unbranched alkanes of at least 4 members (excludes halogenated alkanes) is 1. The zero-order valence-corrected chi connectivity index (χ0v) is 19.7. The minimum atomic E-state index is -0.203. The van der Waals surface area contributed by atoms with Gasteiger partial charge in [0.05, 0.1) is 0 Å². The minimum absolute atomic E-state index is 0. The van der Waals surface area contributed by atoms with Crippen molar-refractivity contribution in [2.24, 2.45) is 4.99 Å². The molecule has 0 saturated carbocycles. The van der Waals surface area contributed by atoms with Gasteiger partial charge in [0.15, 0.2) is 5.96 Å². The molecule has 0 aliphatic carbocycles. The molecule has 1 aromatic carbocycles. The second-order valence-corrected chi connectivity index (χ2v) is 7.93. The fourth-order valence-corrected chi connectivity index (χ4v) is 3.15. The van der Waals surface area contributed by atoms with Crippen molar-refractivity contribution in [2.45, 2.75) is 58.6 Å². The van der Waals surface area contributed by atoms with Crippen LogP contribution in [0.1, 0.15) is 52.0 Å². The topological polar surface area (TPSA) is 48.9 Å². The van der Waals surface area contributed by atoms with E-state index in [-0.39, 0.29) is 29.6 Å². The maximum absolute atomic E-state index is 6.06. The lowest BCUT2D eigenvalue weighted by Gasteiger charge is -2.23. The predicted octanol–water partition coefficient (Wildman–Crippen LogP) is 4.02. The molecule has 2 N–H and O–H groups in total. The first kappa shape index (κ1) is 24.0. The Bertz CT molecular complexity index is 566. The molecule has 0 aromatic heterocycles. The molecule has 5 nitrogen and oxygen atoms in total. The molecule has 0 bridgehead atoms. The summed E-state index contributed by atoms with van der Waals surface area (Å²) in [6.07, 6.45) is 5.15. The highest BCUT2D eigenvalue weighted by Gasteiger charge is 2.14. The molecule has 2 rings (SSSR count). The normalized spacial score (nSPS) is 15.3. The molecule has 0 atom stereocenters. The second-order valence-electron chi connectivity index (χ2n) is 7.93. The lowest BCUT2D eigenvalue weighted by Crippen LogP contribution is -2.37. The number of benzene rings is 1. The van der Waals surface area contributed by atoms with Crippen LogP contribution >= 0.6 is 24.0 Å². The van der Waals surface area contributed by atoms with Crippen molar-refractivity contribution in [3.8, 4) is 5.75 Å². The highest BCUT2D eigenvalue weighted by atomic mass is 127. The molecule has 0 spiro atoms. The van der Waals surface area contributed by atoms with Gasteiger partial charge in [-0.15, -0.1) is 24.0 Å². The number of ether oxygens (including phenoxy) is 1. The van der Waals surface area contributed by atoms with Crippen molar-refractivity contribution in [3.05, 3.63) is 29.8 Å². The van der Waals surface area contributed by atoms with Crippen molar-refractivity contribution in [3.63, 3.8) is 0 Å². The van der Waals surface area contributed by atoms with Crippen molar-refractivity contribution < 1.29 is 4.74 Å². The van der Waals surface area contributed by atoms with E-state index in [4.69, 9.17) is 4.74 Å². The summed E-state index contributed by atoms with van der Waals surface area (Å²) in [7, 11) is 1.82. The number of hydrogen-bond acceptors (Lipinski definition) is 3. The van der Waals surface area contributed by atoms with Crippen LogP contribution in [0.3, 0.4) is 0 Å². The fourth-order valence-electron chi connectivity index (χ4n) is 3.15. The summed E-state index contributed by atoms with van der Waals surface area (Å²) in [5, 5.41) is 6.80. The zero-order chi connectivity index (χ0) is 18.8. The van der Waals surface area contributed by atoms with E-state index in [1.807, 2.05) is 25.2 Å². The quantitative estimate of drug-likeness (QED) is 0.251. The van der Waals surface area contributed by atoms with E-state index in [0.717, 1.165) is 23.8 Å². The Hall–Kier alpha value is -1.02. The van der Waals surface area contributed by atoms with Gasteiger partial charge in [0, 0.05) is 25.7 Å². The Balaban J connectivity index is 0.00000364. The largest absolute Gasteiger partial charge is 0.488 e. The van der Waals surface area contributed by atoms with Gasteiger partial charge in [0.1, 0.15) is 11.4 Å². The molecule has 1 fully saturated rings. The molecule has 1 saturated heterocycles. The molecular formula is C21H37IN4O. The maximum atomic E-state index is 6.06. The number of halogens is 1. The Morgan fingerprint density at radius 2 is 1.81 bits per heavy atom. The van der Waals surface area contributed by atoms with Crippen LogP contribution in [0.15, 0.2) is 29.3 Å². The van der Waals surface area contributed by atoms with Crippen LogP contribution < -0.4 is 15.4 Å². The summed E-state index contributed by atoms with van der Waals surface area (Å²) < 4.78 is 6.06. The van der Waals surface area contributed by atoms with Gasteiger partial charge in [0.25, 0.3) is 0 Å². The van der Waals surface area contributed by atoms with E-state index < -0.39 is 0 Å². The number of nitrogens with zero attached hydrogens (tertiary/aromatic N) is 2. The molecular weight excluding hydrogens is 451 g/mol. The van der Waals surface area contributed by atoms with E-state index in [0.29, 0.717) is 6.54 Å². The number of guanidine groups is 1. The lowest BCUT2D eigenvalue weighted by atomic mass is 10.1. The first-order chi connectivity index (χ1) is 12.5. The summed E-state index contributed by atoms with van der Waals surface area (Å²) in [6, 6.07) is 8.17. The Morgan fingerprint density at radius 3 is 2.48 bits per heavy atom. The van der Waals surface area contributed by atoms with Gasteiger partial charge in [-0.25, -0.2) is 0 Å². The van der Waals surface area contributed by atoms with E-state index in [9.17, 15) is 0 Å². The first-order valence-electron chi connectivity index (χ1n) is 9.92. The molecule has 1 aromatic rings. The third-order valence-corrected chi connectivity index (χ3v) is 4.45. The predicted molar refractivity (Wildman–Crippen MR) is 125 cm³/mol. The monoisotopic (exact) mass is 488 g/mol. The molecule has 6 heteroatoms. The zero-order valence-electron chi connectivity index (χ0n) is 17.4. The number of rotatable bonds is 8. The second kappa shape index (κ2) is 12.4. The van der Waals surface area contributed by atoms with Gasteiger partial charge in [0.2, 0.25) is 0 Å². The summed E-state index contributed by atoms with van der Waals surface area (Å²) >= 11 is 0.